The molecule has 0 bridgehead atoms. The molecule has 0 heterocycles. The van der Waals surface area contributed by atoms with Gasteiger partial charge < -0.3 is 5.32 Å². The molecule has 0 aromatic heterocycles. The molecule has 0 aromatic carbocycles. The van der Waals surface area contributed by atoms with Crippen LogP contribution in [0.25, 0.3) is 0 Å². The van der Waals surface area contributed by atoms with Gasteiger partial charge in [0.1, 0.15) is 0 Å². The average molecular weight is 239 g/mol. The minimum absolute atomic E-state index is 0.777. The lowest BCUT2D eigenvalue weighted by atomic mass is 9.95. The first-order valence-electron chi connectivity index (χ1n) is 7.33. The molecule has 0 aromatic rings. The molecule has 0 amide bonds. The highest BCUT2D eigenvalue weighted by atomic mass is 14.9. The summed E-state index contributed by atoms with van der Waals surface area (Å²) in [4.78, 5) is 0. The van der Waals surface area contributed by atoms with E-state index in [1.807, 2.05) is 0 Å². The number of hydrogen-bond acceptors (Lipinski definition) is 1. The summed E-state index contributed by atoms with van der Waals surface area (Å²) < 4.78 is 0. The molecule has 0 aliphatic heterocycles. The fourth-order valence-electron chi connectivity index (χ4n) is 2.19. The van der Waals surface area contributed by atoms with Crippen LogP contribution in [0, 0.1) is 17.8 Å². The second-order valence-electron chi connectivity index (χ2n) is 6.34. The van der Waals surface area contributed by atoms with Gasteiger partial charge in [-0.25, -0.2) is 0 Å². The Morgan fingerprint density at radius 1 is 1.00 bits per heavy atom. The summed E-state index contributed by atoms with van der Waals surface area (Å²) in [5.74, 6) is 2.47. The standard InChI is InChI=1S/C16H33N/c1-13(2)9-10-16(6)17-11-7-8-15(5)12-14(3)4/h13-15,17H,6-12H2,1-5H3. The summed E-state index contributed by atoms with van der Waals surface area (Å²) in [5.41, 5.74) is 1.22. The monoisotopic (exact) mass is 239 g/mol. The van der Waals surface area contributed by atoms with Gasteiger partial charge in [-0.1, -0.05) is 41.2 Å². The fourth-order valence-corrected chi connectivity index (χ4v) is 2.19. The van der Waals surface area contributed by atoms with Crippen molar-refractivity contribution in [3.63, 3.8) is 0 Å². The van der Waals surface area contributed by atoms with Crippen LogP contribution in [0.4, 0.5) is 0 Å². The van der Waals surface area contributed by atoms with E-state index in [4.69, 9.17) is 0 Å². The molecule has 0 radical (unpaired) electrons. The molecular formula is C16H33N. The van der Waals surface area contributed by atoms with E-state index < -0.39 is 0 Å². The third-order valence-corrected chi connectivity index (χ3v) is 3.15. The van der Waals surface area contributed by atoms with Crippen LogP contribution in [0.2, 0.25) is 0 Å². The summed E-state index contributed by atoms with van der Waals surface area (Å²) in [5, 5.41) is 3.45. The molecule has 1 unspecified atom stereocenters. The van der Waals surface area contributed by atoms with Crippen LogP contribution in [0.15, 0.2) is 12.3 Å². The minimum Gasteiger partial charge on any atom is -0.389 e. The molecule has 1 heteroatoms. The zero-order valence-corrected chi connectivity index (χ0v) is 12.7. The van der Waals surface area contributed by atoms with Gasteiger partial charge in [-0.15, -0.1) is 0 Å². The Kier molecular flexibility index (Phi) is 9.30. The van der Waals surface area contributed by atoms with Crippen molar-refractivity contribution in [3.8, 4) is 0 Å². The number of allylic oxidation sites excluding steroid dienone is 1. The SMILES string of the molecule is C=C(CCC(C)C)NCCCC(C)CC(C)C. The average Bonchev–Trinajstić information content (AvgIpc) is 2.20. The molecule has 0 rings (SSSR count). The summed E-state index contributed by atoms with van der Waals surface area (Å²) in [6, 6.07) is 0. The van der Waals surface area contributed by atoms with Crippen LogP contribution in [0.5, 0.6) is 0 Å². The Balaban J connectivity index is 3.41. The van der Waals surface area contributed by atoms with Gasteiger partial charge in [0.05, 0.1) is 0 Å². The Hall–Kier alpha value is -0.460. The van der Waals surface area contributed by atoms with E-state index in [1.54, 1.807) is 0 Å². The van der Waals surface area contributed by atoms with Gasteiger partial charge in [0, 0.05) is 12.2 Å². The van der Waals surface area contributed by atoms with Crippen molar-refractivity contribution < 1.29 is 0 Å². The Bertz CT molecular complexity index is 194. The van der Waals surface area contributed by atoms with Crippen molar-refractivity contribution in [2.24, 2.45) is 17.8 Å². The smallest absolute Gasteiger partial charge is 0.0143 e. The molecule has 0 fully saturated rings. The van der Waals surface area contributed by atoms with E-state index in [0.717, 1.165) is 30.7 Å². The first-order chi connectivity index (χ1) is 7.91. The van der Waals surface area contributed by atoms with Crippen molar-refractivity contribution in [3.05, 3.63) is 12.3 Å². The fraction of sp³-hybridized carbons (Fsp3) is 0.875. The van der Waals surface area contributed by atoms with E-state index in [0.29, 0.717) is 0 Å². The zero-order chi connectivity index (χ0) is 13.3. The van der Waals surface area contributed by atoms with Crippen molar-refractivity contribution in [1.29, 1.82) is 0 Å². The lowest BCUT2D eigenvalue weighted by Crippen LogP contribution is -2.15. The predicted octanol–water partition coefficient (Wildman–Crippen LogP) is 4.99. The molecule has 1 nitrogen and oxygen atoms in total. The van der Waals surface area contributed by atoms with Gasteiger partial charge >= 0.3 is 0 Å². The van der Waals surface area contributed by atoms with Crippen LogP contribution < -0.4 is 5.32 Å². The van der Waals surface area contributed by atoms with E-state index in [9.17, 15) is 0 Å². The Labute approximate surface area is 109 Å². The van der Waals surface area contributed by atoms with Gasteiger partial charge in [0.25, 0.3) is 0 Å². The van der Waals surface area contributed by atoms with Crippen molar-refractivity contribution in [1.82, 2.24) is 5.32 Å². The maximum atomic E-state index is 4.08. The first kappa shape index (κ1) is 16.5. The van der Waals surface area contributed by atoms with Gasteiger partial charge in [0.2, 0.25) is 0 Å². The summed E-state index contributed by atoms with van der Waals surface area (Å²) in [6.45, 7) is 16.7. The summed E-state index contributed by atoms with van der Waals surface area (Å²) in [7, 11) is 0. The van der Waals surface area contributed by atoms with E-state index in [-0.39, 0.29) is 0 Å². The van der Waals surface area contributed by atoms with Crippen LogP contribution in [-0.4, -0.2) is 6.54 Å². The highest BCUT2D eigenvalue weighted by Crippen LogP contribution is 2.16. The van der Waals surface area contributed by atoms with Gasteiger partial charge in [-0.3, -0.25) is 0 Å². The summed E-state index contributed by atoms with van der Waals surface area (Å²) in [6.07, 6.45) is 6.33. The first-order valence-corrected chi connectivity index (χ1v) is 7.33. The maximum Gasteiger partial charge on any atom is 0.0143 e. The largest absolute Gasteiger partial charge is 0.389 e. The van der Waals surface area contributed by atoms with E-state index in [2.05, 4.69) is 46.5 Å². The lowest BCUT2D eigenvalue weighted by molar-refractivity contribution is 0.403. The molecule has 1 atom stereocenters. The highest BCUT2D eigenvalue weighted by Gasteiger charge is 2.04. The van der Waals surface area contributed by atoms with Crippen LogP contribution in [0.3, 0.4) is 0 Å². The molecule has 0 spiro atoms. The van der Waals surface area contributed by atoms with Crippen LogP contribution >= 0.6 is 0 Å². The highest BCUT2D eigenvalue weighted by molar-refractivity contribution is 4.90. The predicted molar refractivity (Wildman–Crippen MR) is 79.1 cm³/mol. The normalized spacial score (nSPS) is 13.1. The molecular weight excluding hydrogens is 206 g/mol. The van der Waals surface area contributed by atoms with Crippen LogP contribution in [-0.2, 0) is 0 Å². The van der Waals surface area contributed by atoms with E-state index in [1.165, 1.54) is 31.4 Å². The molecule has 1 N–H and O–H groups in total. The summed E-state index contributed by atoms with van der Waals surface area (Å²) >= 11 is 0. The third kappa shape index (κ3) is 11.8. The molecule has 0 saturated carbocycles. The van der Waals surface area contributed by atoms with Crippen LogP contribution in [0.1, 0.15) is 66.7 Å². The second kappa shape index (κ2) is 9.56. The van der Waals surface area contributed by atoms with Crippen molar-refractivity contribution in [2.45, 2.75) is 66.7 Å². The Morgan fingerprint density at radius 2 is 1.65 bits per heavy atom. The maximum absolute atomic E-state index is 4.08. The van der Waals surface area contributed by atoms with Crippen molar-refractivity contribution >= 4 is 0 Å². The minimum atomic E-state index is 0.777. The number of rotatable bonds is 10. The molecule has 17 heavy (non-hydrogen) atoms. The molecule has 0 saturated heterocycles. The number of nitrogens with one attached hydrogen (secondary N) is 1. The van der Waals surface area contributed by atoms with E-state index >= 15 is 0 Å². The quantitative estimate of drug-likeness (QED) is 0.530. The third-order valence-electron chi connectivity index (χ3n) is 3.15. The van der Waals surface area contributed by atoms with Gasteiger partial charge in [0.15, 0.2) is 0 Å². The van der Waals surface area contributed by atoms with Crippen molar-refractivity contribution in [2.75, 3.05) is 6.54 Å². The van der Waals surface area contributed by atoms with Gasteiger partial charge in [-0.05, 0) is 49.9 Å². The zero-order valence-electron chi connectivity index (χ0n) is 12.7. The lowest BCUT2D eigenvalue weighted by Gasteiger charge is -2.15. The Morgan fingerprint density at radius 3 is 2.18 bits per heavy atom. The van der Waals surface area contributed by atoms with Gasteiger partial charge in [-0.2, -0.15) is 0 Å². The molecule has 0 aliphatic carbocycles. The second-order valence-corrected chi connectivity index (χ2v) is 6.34. The molecule has 102 valence electrons. The topological polar surface area (TPSA) is 12.0 Å². The number of hydrogen-bond donors (Lipinski definition) is 1. The molecule has 0 aliphatic rings.